The molecule has 0 aromatic rings. The second kappa shape index (κ2) is 5.21. The summed E-state index contributed by atoms with van der Waals surface area (Å²) in [5.41, 5.74) is 2.67. The van der Waals surface area contributed by atoms with E-state index in [1.54, 1.807) is 0 Å². The molecule has 22 heavy (non-hydrogen) atoms. The highest BCUT2D eigenvalue weighted by Gasteiger charge is 2.57. The lowest BCUT2D eigenvalue weighted by Gasteiger charge is -2.60. The molecule has 0 amide bonds. The van der Waals surface area contributed by atoms with Crippen LogP contribution in [-0.4, -0.2) is 6.29 Å². The molecule has 1 nitrogen and oxygen atoms in total. The van der Waals surface area contributed by atoms with Gasteiger partial charge in [0.15, 0.2) is 0 Å². The molecule has 4 fully saturated rings. The molecule has 4 saturated carbocycles. The van der Waals surface area contributed by atoms with Gasteiger partial charge in [-0.1, -0.05) is 25.8 Å². The standard InChI is InChI=1S/C21H32O/c1-20-10-3-4-18(20)17-6-5-16-14-15(9-13-22)7-12-21(16,2)19(17)8-11-20/h9,13,16-19H,3-8,10-12,14H2,1-2H3/b15-9-/t16-,17-,18-,19-,20-,21-/m0/s1. The lowest BCUT2D eigenvalue weighted by atomic mass is 9.45. The van der Waals surface area contributed by atoms with E-state index in [0.29, 0.717) is 10.8 Å². The highest BCUT2D eigenvalue weighted by molar-refractivity contribution is 5.66. The Balaban J connectivity index is 1.59. The van der Waals surface area contributed by atoms with Crippen LogP contribution in [0.25, 0.3) is 0 Å². The first-order valence-corrected chi connectivity index (χ1v) is 9.70. The van der Waals surface area contributed by atoms with Crippen molar-refractivity contribution < 1.29 is 4.79 Å². The fraction of sp³-hybridized carbons (Fsp3) is 0.857. The van der Waals surface area contributed by atoms with Crippen LogP contribution in [0.15, 0.2) is 11.6 Å². The van der Waals surface area contributed by atoms with E-state index in [1.165, 1.54) is 69.8 Å². The number of aldehydes is 1. The largest absolute Gasteiger partial charge is 0.299 e. The smallest absolute Gasteiger partial charge is 0.142 e. The molecule has 0 N–H and O–H groups in total. The lowest BCUT2D eigenvalue weighted by molar-refractivity contribution is -0.104. The zero-order chi connectivity index (χ0) is 15.4. The summed E-state index contributed by atoms with van der Waals surface area (Å²) in [5.74, 6) is 3.86. The minimum atomic E-state index is 0.563. The summed E-state index contributed by atoms with van der Waals surface area (Å²) in [7, 11) is 0. The third kappa shape index (κ3) is 2.07. The molecule has 122 valence electrons. The lowest BCUT2D eigenvalue weighted by Crippen LogP contribution is -2.52. The van der Waals surface area contributed by atoms with Gasteiger partial charge in [0.05, 0.1) is 0 Å². The van der Waals surface area contributed by atoms with Gasteiger partial charge in [-0.3, -0.25) is 4.79 Å². The fourth-order valence-corrected chi connectivity index (χ4v) is 7.35. The quantitative estimate of drug-likeness (QED) is 0.458. The van der Waals surface area contributed by atoms with Crippen LogP contribution < -0.4 is 0 Å². The predicted octanol–water partition coefficient (Wildman–Crippen LogP) is 5.54. The number of carbonyl (C=O) groups is 1. The molecule has 0 radical (unpaired) electrons. The van der Waals surface area contributed by atoms with Gasteiger partial charge in [0.1, 0.15) is 6.29 Å². The van der Waals surface area contributed by atoms with E-state index >= 15 is 0 Å². The number of rotatable bonds is 1. The third-order valence-corrected chi connectivity index (χ3v) is 8.64. The first-order chi connectivity index (χ1) is 10.6. The van der Waals surface area contributed by atoms with E-state index in [1.807, 2.05) is 6.08 Å². The highest BCUT2D eigenvalue weighted by atomic mass is 16.1. The molecule has 0 saturated heterocycles. The topological polar surface area (TPSA) is 17.1 Å². The maximum Gasteiger partial charge on any atom is 0.142 e. The number of hydrogen-bond acceptors (Lipinski definition) is 1. The van der Waals surface area contributed by atoms with Crippen LogP contribution in [-0.2, 0) is 4.79 Å². The molecule has 0 aromatic carbocycles. The van der Waals surface area contributed by atoms with E-state index in [0.717, 1.165) is 30.0 Å². The Morgan fingerprint density at radius 2 is 1.86 bits per heavy atom. The molecule has 4 rings (SSSR count). The van der Waals surface area contributed by atoms with E-state index in [4.69, 9.17) is 0 Å². The molecule has 1 heteroatoms. The van der Waals surface area contributed by atoms with Crippen LogP contribution in [0, 0.1) is 34.5 Å². The second-order valence-corrected chi connectivity index (χ2v) is 9.41. The van der Waals surface area contributed by atoms with Gasteiger partial charge in [-0.2, -0.15) is 0 Å². The maximum atomic E-state index is 10.8. The Kier molecular flexibility index (Phi) is 3.55. The Hall–Kier alpha value is -0.590. The number of allylic oxidation sites excluding steroid dienone is 2. The summed E-state index contributed by atoms with van der Waals surface area (Å²) in [6.45, 7) is 5.21. The van der Waals surface area contributed by atoms with Crippen molar-refractivity contribution in [3.63, 3.8) is 0 Å². The van der Waals surface area contributed by atoms with Crippen LogP contribution in [0.5, 0.6) is 0 Å². The second-order valence-electron chi connectivity index (χ2n) is 9.41. The normalized spacial score (nSPS) is 52.7. The molecule has 4 aliphatic rings. The third-order valence-electron chi connectivity index (χ3n) is 8.64. The zero-order valence-electron chi connectivity index (χ0n) is 14.4. The van der Waals surface area contributed by atoms with E-state index < -0.39 is 0 Å². The summed E-state index contributed by atoms with van der Waals surface area (Å²) in [6.07, 6.45) is 16.9. The summed E-state index contributed by atoms with van der Waals surface area (Å²) < 4.78 is 0. The van der Waals surface area contributed by atoms with Gasteiger partial charge in [-0.05, 0) is 98.4 Å². The van der Waals surface area contributed by atoms with Crippen LogP contribution in [0.4, 0.5) is 0 Å². The molecular formula is C21H32O. The molecule has 0 aliphatic heterocycles. The van der Waals surface area contributed by atoms with Crippen molar-refractivity contribution in [2.75, 3.05) is 0 Å². The van der Waals surface area contributed by atoms with Crippen molar-refractivity contribution in [2.45, 2.75) is 78.1 Å². The summed E-state index contributed by atoms with van der Waals surface area (Å²) in [5, 5.41) is 0. The number of hydrogen-bond donors (Lipinski definition) is 0. The summed E-state index contributed by atoms with van der Waals surface area (Å²) in [6, 6.07) is 0. The number of fused-ring (bicyclic) bond motifs is 5. The molecule has 6 atom stereocenters. The molecule has 0 bridgehead atoms. The van der Waals surface area contributed by atoms with Crippen molar-refractivity contribution in [3.8, 4) is 0 Å². The molecule has 0 heterocycles. The van der Waals surface area contributed by atoms with Gasteiger partial charge in [0.25, 0.3) is 0 Å². The fourth-order valence-electron chi connectivity index (χ4n) is 7.35. The van der Waals surface area contributed by atoms with Gasteiger partial charge in [-0.15, -0.1) is 0 Å². The van der Waals surface area contributed by atoms with Crippen LogP contribution in [0.3, 0.4) is 0 Å². The molecule has 0 unspecified atom stereocenters. The highest BCUT2D eigenvalue weighted by Crippen LogP contribution is 2.66. The van der Waals surface area contributed by atoms with Gasteiger partial charge < -0.3 is 0 Å². The van der Waals surface area contributed by atoms with Crippen molar-refractivity contribution in [1.82, 2.24) is 0 Å². The van der Waals surface area contributed by atoms with E-state index in [9.17, 15) is 4.79 Å². The van der Waals surface area contributed by atoms with Crippen molar-refractivity contribution >= 4 is 6.29 Å². The minimum absolute atomic E-state index is 0.563. The van der Waals surface area contributed by atoms with Gasteiger partial charge in [0.2, 0.25) is 0 Å². The SMILES string of the molecule is C[C@@]12CCC[C@H]1[C@@H]1CC[C@H]3C/C(=C\C=O)CC[C@]3(C)[C@H]1CC2. The first-order valence-electron chi connectivity index (χ1n) is 9.70. The average molecular weight is 300 g/mol. The minimum Gasteiger partial charge on any atom is -0.299 e. The zero-order valence-corrected chi connectivity index (χ0v) is 14.4. The maximum absolute atomic E-state index is 10.8. The predicted molar refractivity (Wildman–Crippen MR) is 90.5 cm³/mol. The first kappa shape index (κ1) is 15.0. The van der Waals surface area contributed by atoms with Crippen molar-refractivity contribution in [2.24, 2.45) is 34.5 Å². The molecular weight excluding hydrogens is 268 g/mol. The van der Waals surface area contributed by atoms with Crippen LogP contribution in [0.2, 0.25) is 0 Å². The average Bonchev–Trinajstić information content (AvgIpc) is 2.89. The number of carbonyl (C=O) groups excluding carboxylic acids is 1. The Bertz CT molecular complexity index is 492. The summed E-state index contributed by atoms with van der Waals surface area (Å²) >= 11 is 0. The van der Waals surface area contributed by atoms with E-state index in [-0.39, 0.29) is 0 Å². The van der Waals surface area contributed by atoms with Crippen molar-refractivity contribution in [1.29, 1.82) is 0 Å². The van der Waals surface area contributed by atoms with Gasteiger partial charge >= 0.3 is 0 Å². The van der Waals surface area contributed by atoms with Crippen molar-refractivity contribution in [3.05, 3.63) is 11.6 Å². The van der Waals surface area contributed by atoms with Gasteiger partial charge in [-0.25, -0.2) is 0 Å². The summed E-state index contributed by atoms with van der Waals surface area (Å²) in [4.78, 5) is 10.8. The monoisotopic (exact) mass is 300 g/mol. The Morgan fingerprint density at radius 1 is 1.00 bits per heavy atom. The Labute approximate surface area is 135 Å². The van der Waals surface area contributed by atoms with Crippen LogP contribution >= 0.6 is 0 Å². The van der Waals surface area contributed by atoms with E-state index in [2.05, 4.69) is 13.8 Å². The molecule has 0 spiro atoms. The molecule has 0 aromatic heterocycles. The van der Waals surface area contributed by atoms with Crippen LogP contribution in [0.1, 0.15) is 78.1 Å². The van der Waals surface area contributed by atoms with Gasteiger partial charge in [0, 0.05) is 0 Å². The Morgan fingerprint density at radius 3 is 2.68 bits per heavy atom. The molecule has 4 aliphatic carbocycles.